The minimum atomic E-state index is 0.172. The summed E-state index contributed by atoms with van der Waals surface area (Å²) in [6.07, 6.45) is 5.63. The third-order valence-electron chi connectivity index (χ3n) is 3.21. The first-order valence-corrected chi connectivity index (χ1v) is 6.45. The van der Waals surface area contributed by atoms with Gasteiger partial charge in [0.15, 0.2) is 0 Å². The van der Waals surface area contributed by atoms with Crippen molar-refractivity contribution < 1.29 is 4.79 Å². The quantitative estimate of drug-likeness (QED) is 0.714. The van der Waals surface area contributed by atoms with Gasteiger partial charge in [0.2, 0.25) is 5.91 Å². The zero-order chi connectivity index (χ0) is 12.7. The van der Waals surface area contributed by atoms with Crippen molar-refractivity contribution in [2.45, 2.75) is 46.5 Å². The second-order valence-electron chi connectivity index (χ2n) is 4.43. The Morgan fingerprint density at radius 2 is 2.18 bits per heavy atom. The van der Waals surface area contributed by atoms with E-state index in [9.17, 15) is 4.79 Å². The molecule has 96 valence electrons. The molecule has 0 saturated carbocycles. The summed E-state index contributed by atoms with van der Waals surface area (Å²) in [4.78, 5) is 11.7. The minimum absolute atomic E-state index is 0.172. The Morgan fingerprint density at radius 3 is 2.71 bits per heavy atom. The van der Waals surface area contributed by atoms with Gasteiger partial charge in [-0.1, -0.05) is 13.8 Å². The van der Waals surface area contributed by atoms with Crippen LogP contribution >= 0.6 is 0 Å². The summed E-state index contributed by atoms with van der Waals surface area (Å²) in [6.45, 7) is 6.89. The Hall–Kier alpha value is -1.32. The van der Waals surface area contributed by atoms with Crippen LogP contribution in [0, 0.1) is 12.8 Å². The molecule has 0 saturated heterocycles. The van der Waals surface area contributed by atoms with Crippen molar-refractivity contribution in [3.63, 3.8) is 0 Å². The molecule has 17 heavy (non-hydrogen) atoms. The van der Waals surface area contributed by atoms with Crippen LogP contribution in [0.5, 0.6) is 0 Å². The zero-order valence-electron chi connectivity index (χ0n) is 11.0. The second kappa shape index (κ2) is 7.09. The van der Waals surface area contributed by atoms with Crippen LogP contribution in [0.1, 0.15) is 44.4 Å². The molecule has 0 atom stereocenters. The summed E-state index contributed by atoms with van der Waals surface area (Å²) >= 11 is 0. The van der Waals surface area contributed by atoms with Gasteiger partial charge >= 0.3 is 0 Å². The number of amides is 1. The van der Waals surface area contributed by atoms with Crippen LogP contribution in [0.2, 0.25) is 0 Å². The summed E-state index contributed by atoms with van der Waals surface area (Å²) in [5, 5.41) is 9.89. The van der Waals surface area contributed by atoms with Crippen molar-refractivity contribution in [3.8, 4) is 0 Å². The van der Waals surface area contributed by atoms with Crippen molar-refractivity contribution in [3.05, 3.63) is 17.5 Å². The van der Waals surface area contributed by atoms with E-state index in [1.807, 2.05) is 13.1 Å². The van der Waals surface area contributed by atoms with Crippen molar-refractivity contribution in [2.75, 3.05) is 6.54 Å². The van der Waals surface area contributed by atoms with Gasteiger partial charge in [0, 0.05) is 18.2 Å². The van der Waals surface area contributed by atoms with Crippen molar-refractivity contribution in [2.24, 2.45) is 5.92 Å². The van der Waals surface area contributed by atoms with E-state index in [1.54, 1.807) is 0 Å². The van der Waals surface area contributed by atoms with Gasteiger partial charge < -0.3 is 5.32 Å². The lowest BCUT2D eigenvalue weighted by atomic mass is 10.0. The average Bonchev–Trinajstić information content (AvgIpc) is 2.72. The predicted octanol–water partition coefficient (Wildman–Crippen LogP) is 2.20. The third kappa shape index (κ3) is 4.21. The lowest BCUT2D eigenvalue weighted by Crippen LogP contribution is -2.31. The Morgan fingerprint density at radius 1 is 1.47 bits per heavy atom. The summed E-state index contributed by atoms with van der Waals surface area (Å²) in [6, 6.07) is 0. The zero-order valence-corrected chi connectivity index (χ0v) is 11.0. The highest BCUT2D eigenvalue weighted by Gasteiger charge is 2.12. The van der Waals surface area contributed by atoms with Gasteiger partial charge in [-0.2, -0.15) is 5.10 Å². The summed E-state index contributed by atoms with van der Waals surface area (Å²) < 4.78 is 0. The molecular formula is C13H23N3O. The molecule has 0 aliphatic carbocycles. The standard InChI is InChI=1S/C13H23N3O/c1-4-11(5-2)13(17)14-8-6-7-12-9-15-16-10(12)3/h9,11H,4-8H2,1-3H3,(H,14,17)(H,15,16). The molecule has 1 aromatic rings. The van der Waals surface area contributed by atoms with Gasteiger partial charge in [-0.25, -0.2) is 0 Å². The van der Waals surface area contributed by atoms with Crippen LogP contribution in [0.15, 0.2) is 6.20 Å². The molecule has 4 heteroatoms. The number of nitrogens with one attached hydrogen (secondary N) is 2. The Bertz CT molecular complexity index is 342. The monoisotopic (exact) mass is 237 g/mol. The molecule has 0 spiro atoms. The lowest BCUT2D eigenvalue weighted by Gasteiger charge is -2.12. The summed E-state index contributed by atoms with van der Waals surface area (Å²) in [5.74, 6) is 0.365. The second-order valence-corrected chi connectivity index (χ2v) is 4.43. The largest absolute Gasteiger partial charge is 0.356 e. The number of aromatic nitrogens is 2. The number of carbonyl (C=O) groups excluding carboxylic acids is 1. The first kappa shape index (κ1) is 13.7. The number of carbonyl (C=O) groups is 1. The highest BCUT2D eigenvalue weighted by molar-refractivity contribution is 5.78. The first-order chi connectivity index (χ1) is 8.19. The third-order valence-corrected chi connectivity index (χ3v) is 3.21. The number of aromatic amines is 1. The van der Waals surface area contributed by atoms with Gasteiger partial charge in [-0.15, -0.1) is 0 Å². The van der Waals surface area contributed by atoms with Crippen LogP contribution in [0.3, 0.4) is 0 Å². The van der Waals surface area contributed by atoms with E-state index in [-0.39, 0.29) is 11.8 Å². The molecular weight excluding hydrogens is 214 g/mol. The Labute approximate surface area is 103 Å². The van der Waals surface area contributed by atoms with Crippen molar-refractivity contribution >= 4 is 5.91 Å². The maximum Gasteiger partial charge on any atom is 0.223 e. The smallest absolute Gasteiger partial charge is 0.223 e. The van der Waals surface area contributed by atoms with Gasteiger partial charge in [0.05, 0.1) is 6.20 Å². The maximum absolute atomic E-state index is 11.7. The first-order valence-electron chi connectivity index (χ1n) is 6.45. The normalized spacial score (nSPS) is 10.8. The molecule has 1 amide bonds. The Kier molecular flexibility index (Phi) is 5.73. The fourth-order valence-corrected chi connectivity index (χ4v) is 1.92. The van der Waals surface area contributed by atoms with Crippen LogP contribution in [-0.4, -0.2) is 22.6 Å². The van der Waals surface area contributed by atoms with Gasteiger partial charge in [-0.3, -0.25) is 9.89 Å². The fourth-order valence-electron chi connectivity index (χ4n) is 1.92. The molecule has 1 heterocycles. The molecule has 1 rings (SSSR count). The molecule has 0 aliphatic rings. The van der Waals surface area contributed by atoms with E-state index in [2.05, 4.69) is 29.4 Å². The van der Waals surface area contributed by atoms with E-state index < -0.39 is 0 Å². The predicted molar refractivity (Wildman–Crippen MR) is 68.7 cm³/mol. The highest BCUT2D eigenvalue weighted by Crippen LogP contribution is 2.08. The molecule has 0 bridgehead atoms. The molecule has 0 fully saturated rings. The summed E-state index contributed by atoms with van der Waals surface area (Å²) in [7, 11) is 0. The van der Waals surface area contributed by atoms with E-state index in [0.29, 0.717) is 0 Å². The number of hydrogen-bond acceptors (Lipinski definition) is 2. The van der Waals surface area contributed by atoms with E-state index >= 15 is 0 Å². The molecule has 2 N–H and O–H groups in total. The minimum Gasteiger partial charge on any atom is -0.356 e. The maximum atomic E-state index is 11.7. The molecule has 0 aliphatic heterocycles. The van der Waals surface area contributed by atoms with E-state index in [4.69, 9.17) is 0 Å². The average molecular weight is 237 g/mol. The molecule has 1 aromatic heterocycles. The molecule has 0 radical (unpaired) electrons. The lowest BCUT2D eigenvalue weighted by molar-refractivity contribution is -0.125. The van der Waals surface area contributed by atoms with Crippen LogP contribution < -0.4 is 5.32 Å². The number of nitrogens with zero attached hydrogens (tertiary/aromatic N) is 1. The van der Waals surface area contributed by atoms with Crippen LogP contribution in [0.4, 0.5) is 0 Å². The van der Waals surface area contributed by atoms with Gasteiger partial charge in [-0.05, 0) is 38.2 Å². The molecule has 0 aromatic carbocycles. The van der Waals surface area contributed by atoms with Crippen LogP contribution in [-0.2, 0) is 11.2 Å². The molecule has 0 unspecified atom stereocenters. The summed E-state index contributed by atoms with van der Waals surface area (Å²) in [5.41, 5.74) is 2.36. The number of hydrogen-bond donors (Lipinski definition) is 2. The fraction of sp³-hybridized carbons (Fsp3) is 0.692. The highest BCUT2D eigenvalue weighted by atomic mass is 16.1. The van der Waals surface area contributed by atoms with Crippen LogP contribution in [0.25, 0.3) is 0 Å². The van der Waals surface area contributed by atoms with Crippen molar-refractivity contribution in [1.29, 1.82) is 0 Å². The van der Waals surface area contributed by atoms with Gasteiger partial charge in [0.1, 0.15) is 0 Å². The van der Waals surface area contributed by atoms with Gasteiger partial charge in [0.25, 0.3) is 0 Å². The number of rotatable bonds is 7. The number of aryl methyl sites for hydroxylation is 2. The molecule has 4 nitrogen and oxygen atoms in total. The Balaban J connectivity index is 2.20. The van der Waals surface area contributed by atoms with E-state index in [1.165, 1.54) is 5.56 Å². The van der Waals surface area contributed by atoms with Crippen molar-refractivity contribution in [1.82, 2.24) is 15.5 Å². The SMILES string of the molecule is CCC(CC)C(=O)NCCCc1cn[nH]c1C. The number of H-pyrrole nitrogens is 1. The topological polar surface area (TPSA) is 57.8 Å². The van der Waals surface area contributed by atoms with E-state index in [0.717, 1.165) is 37.9 Å².